The molecule has 0 aliphatic carbocycles. The average Bonchev–Trinajstić information content (AvgIpc) is 1.33. The van der Waals surface area contributed by atoms with Crippen LogP contribution in [-0.2, 0) is 4.46 Å². The molecule has 0 radical (unpaired) electrons. The minimum Gasteiger partial charge on any atom is -1.00 e. The average molecular weight is 222 g/mol. The van der Waals surface area contributed by atoms with E-state index in [0.717, 1.165) is 0 Å². The maximum atomic E-state index is 8.74. The van der Waals surface area contributed by atoms with Gasteiger partial charge in [-0.15, -0.1) is 0 Å². The van der Waals surface area contributed by atoms with Gasteiger partial charge in [-0.1, -0.05) is 0 Å². The largest absolute Gasteiger partial charge is 2.00 e. The van der Waals surface area contributed by atoms with Crippen molar-refractivity contribution < 1.29 is 25.2 Å². The van der Waals surface area contributed by atoms with E-state index in [1.165, 1.54) is 6.19 Å². The number of nitrogens with two attached hydrogens (primary N) is 1. The van der Waals surface area contributed by atoms with Crippen molar-refractivity contribution in [2.24, 2.45) is 5.73 Å². The molecule has 0 spiro atoms. The number of nitriles is 1. The van der Waals surface area contributed by atoms with Crippen molar-refractivity contribution in [2.45, 2.75) is 0 Å². The second-order valence-electron chi connectivity index (χ2n) is 0.412. The Hall–Kier alpha value is 1.39. The van der Waals surface area contributed by atoms with Crippen LogP contribution in [0.25, 0.3) is 0 Å². The van der Waals surface area contributed by atoms with Gasteiger partial charge in [-0.05, 0) is 0 Å². The van der Waals surface area contributed by atoms with Crippen LogP contribution in [0.4, 0.5) is 0 Å². The van der Waals surface area contributed by atoms with Crippen LogP contribution in [0.5, 0.6) is 0 Å². The van der Waals surface area contributed by atoms with E-state index in [1.807, 2.05) is 0 Å². The molecule has 6 N–H and O–H groups in total. The minimum atomic E-state index is -3.13. The Morgan fingerprint density at radius 3 is 1.50 bits per heavy atom. The van der Waals surface area contributed by atoms with Crippen molar-refractivity contribution in [3.63, 3.8) is 0 Å². The van der Waals surface area contributed by atoms with Gasteiger partial charge in [0.05, 0.1) is 0 Å². The Bertz CT molecular complexity index is 102. The smallest absolute Gasteiger partial charge is 1.00 e. The molecule has 0 bridgehead atoms. The van der Waals surface area contributed by atoms with Gasteiger partial charge in [0.2, 0.25) is 0 Å². The van der Waals surface area contributed by atoms with Gasteiger partial charge in [0, 0.05) is 0 Å². The van der Waals surface area contributed by atoms with E-state index in [0.29, 0.717) is 0 Å². The Morgan fingerprint density at radius 2 is 1.50 bits per heavy atom. The minimum absolute atomic E-state index is 0. The first-order valence-corrected chi connectivity index (χ1v) is 2.47. The molecule has 10 heavy (non-hydrogen) atoms. The van der Waals surface area contributed by atoms with Gasteiger partial charge >= 0.3 is 84.6 Å². The fourth-order valence-corrected chi connectivity index (χ4v) is 0. The van der Waals surface area contributed by atoms with Gasteiger partial charge in [-0.25, -0.2) is 0 Å². The van der Waals surface area contributed by atoms with Gasteiger partial charge < -0.3 is 26.5 Å². The summed E-state index contributed by atoms with van der Waals surface area (Å²) in [6.07, 6.45) is 1.25. The van der Waals surface area contributed by atoms with E-state index in [2.05, 4.69) is 5.73 Å². The van der Waals surface area contributed by atoms with E-state index >= 15 is 0 Å². The van der Waals surface area contributed by atoms with Crippen LogP contribution in [0.1, 0.15) is 5.71 Å². The molecule has 0 aromatic carbocycles. The van der Waals surface area contributed by atoms with E-state index < -0.39 is 9.17 Å². The fraction of sp³-hybridized carbons (Fsp3) is 0. The zero-order valence-electron chi connectivity index (χ0n) is 9.24. The van der Waals surface area contributed by atoms with Crippen molar-refractivity contribution in [1.82, 2.24) is 0 Å². The van der Waals surface area contributed by atoms with Crippen molar-refractivity contribution in [2.75, 3.05) is 0 Å². The van der Waals surface area contributed by atoms with Gasteiger partial charge in [-0.3, -0.25) is 4.46 Å². The summed E-state index contributed by atoms with van der Waals surface area (Å²) in [7, 11) is -3.13. The van der Waals surface area contributed by atoms with Gasteiger partial charge in [0.15, 0.2) is 6.19 Å². The Labute approximate surface area is 125 Å². The number of hydrogen-bond donors (Lipinski definition) is 3. The second kappa shape index (κ2) is 31.5. The molecule has 0 rings (SSSR count). The quantitative estimate of drug-likeness (QED) is 0.223. The summed E-state index contributed by atoms with van der Waals surface area (Å²) >= 11 is 0. The molecule has 56 valence electrons. The second-order valence-corrected chi connectivity index (χ2v) is 0.977. The third-order valence-corrected chi connectivity index (χ3v) is 0. The van der Waals surface area contributed by atoms with Crippen LogP contribution in [0.2, 0.25) is 0 Å². The first kappa shape index (κ1) is 30.1. The first-order chi connectivity index (χ1) is 3.15. The molecule has 0 aromatic heterocycles. The monoisotopic (exact) mass is 222 g/mol. The molecule has 0 unspecified atom stereocenters. The molecule has 0 aliphatic rings. The summed E-state index contributed by atoms with van der Waals surface area (Å²) in [6.45, 7) is 0. The summed E-state index contributed by atoms with van der Waals surface area (Å²) in [5.41, 5.74) is 4.15. The van der Waals surface area contributed by atoms with E-state index in [4.69, 9.17) is 19.3 Å². The van der Waals surface area contributed by atoms with Crippen molar-refractivity contribution >= 4 is 84.6 Å². The normalized spacial score (nSPS) is 3.10. The third-order valence-electron chi connectivity index (χ3n) is 0. The molecule has 0 fully saturated rings. The SMILES string of the molecule is N#CN.O.O=[Si](O)O.[Ca+2].[Ca+2].[H-].[H-].[H-].[H-]. The molecule has 6 nitrogen and oxygen atoms in total. The van der Waals surface area contributed by atoms with Crippen molar-refractivity contribution in [1.29, 1.82) is 5.26 Å². The molecular formula is CH10Ca2N2O4Si. The molecule has 0 atom stereocenters. The molecule has 0 heterocycles. The summed E-state index contributed by atoms with van der Waals surface area (Å²) < 4.78 is 8.74. The van der Waals surface area contributed by atoms with Crippen molar-refractivity contribution in [3.8, 4) is 6.19 Å². The zero-order valence-corrected chi connectivity index (χ0v) is 10.7. The summed E-state index contributed by atoms with van der Waals surface area (Å²) in [5, 5.41) is 7.10. The molecular weight excluding hydrogens is 212 g/mol. The van der Waals surface area contributed by atoms with Gasteiger partial charge in [0.1, 0.15) is 0 Å². The predicted molar refractivity (Wildman–Crippen MR) is 40.2 cm³/mol. The molecule has 0 aliphatic heterocycles. The third kappa shape index (κ3) is 343. The zero-order chi connectivity index (χ0) is 6.28. The van der Waals surface area contributed by atoms with Crippen LogP contribution in [0.3, 0.4) is 0 Å². The molecule has 0 amide bonds. The summed E-state index contributed by atoms with van der Waals surface area (Å²) in [4.78, 5) is 14.3. The van der Waals surface area contributed by atoms with Crippen LogP contribution in [0, 0.1) is 11.5 Å². The standard InChI is InChI=1S/CH2N2.2Ca.H2O3Si.H2O.4H/c2-1-3;;;1-4(2)3;;;;;/h2H2;;;1-2H;1H2;;;;/q;2*+2;;;4*-1. The van der Waals surface area contributed by atoms with Gasteiger partial charge in [0.25, 0.3) is 0 Å². The maximum absolute atomic E-state index is 8.74. The molecule has 9 heteroatoms. The van der Waals surface area contributed by atoms with Crippen LogP contribution < -0.4 is 5.73 Å². The van der Waals surface area contributed by atoms with Crippen LogP contribution in [-0.4, -0.2) is 99.7 Å². The van der Waals surface area contributed by atoms with E-state index in [-0.39, 0.29) is 86.7 Å². The Kier molecular flexibility index (Phi) is 95.0. The van der Waals surface area contributed by atoms with Gasteiger partial charge in [-0.2, -0.15) is 5.26 Å². The predicted octanol–water partition coefficient (Wildman–Crippen LogP) is -3.32. The molecule has 0 saturated heterocycles. The maximum Gasteiger partial charge on any atom is 2.00 e. The number of hydrogen-bond acceptors (Lipinski definition) is 3. The van der Waals surface area contributed by atoms with Crippen molar-refractivity contribution in [3.05, 3.63) is 0 Å². The Morgan fingerprint density at radius 1 is 1.50 bits per heavy atom. The van der Waals surface area contributed by atoms with Crippen LogP contribution in [0.15, 0.2) is 0 Å². The molecule has 0 aromatic rings. The first-order valence-electron chi connectivity index (χ1n) is 1.16. The topological polar surface area (TPSA) is 139 Å². The summed E-state index contributed by atoms with van der Waals surface area (Å²) in [5.74, 6) is 0. The summed E-state index contributed by atoms with van der Waals surface area (Å²) in [6, 6.07) is 0. The fourth-order valence-electron chi connectivity index (χ4n) is 0. The molecule has 0 saturated carbocycles. The van der Waals surface area contributed by atoms with E-state index in [1.54, 1.807) is 0 Å². The number of nitrogens with zero attached hydrogens (tertiary/aromatic N) is 1. The van der Waals surface area contributed by atoms with E-state index in [9.17, 15) is 0 Å². The number of rotatable bonds is 0. The Balaban J connectivity index is -0.00000000344. The van der Waals surface area contributed by atoms with Crippen LogP contribution >= 0.6 is 0 Å².